The van der Waals surface area contributed by atoms with Gasteiger partial charge in [-0.25, -0.2) is 4.39 Å². The molecule has 2 rings (SSSR count). The van der Waals surface area contributed by atoms with Gasteiger partial charge in [0.05, 0.1) is 15.6 Å². The molecule has 0 radical (unpaired) electrons. The number of pyridine rings is 1. The molecule has 0 fully saturated rings. The molecule has 132 valence electrons. The summed E-state index contributed by atoms with van der Waals surface area (Å²) in [7, 11) is 0.911. The van der Waals surface area contributed by atoms with Gasteiger partial charge in [-0.2, -0.15) is 13.2 Å². The van der Waals surface area contributed by atoms with Crippen LogP contribution in [0, 0.1) is 18.2 Å². The number of halogens is 6. The fourth-order valence-electron chi connectivity index (χ4n) is 2.13. The van der Waals surface area contributed by atoms with E-state index in [0.717, 1.165) is 19.2 Å². The largest absolute Gasteiger partial charge is 0.479 e. The molecule has 0 aliphatic rings. The van der Waals surface area contributed by atoms with Crippen LogP contribution in [0.25, 0.3) is 11.1 Å². The van der Waals surface area contributed by atoms with Gasteiger partial charge in [-0.3, -0.25) is 4.79 Å². The Hall–Kier alpha value is -2.17. The Morgan fingerprint density at radius 3 is 2.44 bits per heavy atom. The Bertz CT molecular complexity index is 930. The quantitative estimate of drug-likeness (QED) is 0.566. The molecule has 0 atom stereocenters. The van der Waals surface area contributed by atoms with Gasteiger partial charge < -0.3 is 9.30 Å². The molecule has 2 aromatic rings. The standard InChI is InChI=1S/C16H9Cl2F4NO2/c1-3-4-25-12-5-8(11(19)6-9(12)17)14-10(18)7-13(16(20,21)22)23(2)15(14)24/h1,5-7H,4H2,2H3. The SMILES string of the molecule is C#CCOc1cc(-c2c(Cl)cc(C(F)(F)F)n(C)c2=O)c(F)cc1Cl. The van der Waals surface area contributed by atoms with Crippen LogP contribution in [0.3, 0.4) is 0 Å². The summed E-state index contributed by atoms with van der Waals surface area (Å²) < 4.78 is 58.5. The molecular formula is C16H9Cl2F4NO2. The van der Waals surface area contributed by atoms with E-state index in [1.54, 1.807) is 0 Å². The molecular weight excluding hydrogens is 385 g/mol. The molecule has 0 aliphatic carbocycles. The average Bonchev–Trinajstić information content (AvgIpc) is 2.50. The lowest BCUT2D eigenvalue weighted by molar-refractivity contribution is -0.143. The van der Waals surface area contributed by atoms with Crippen LogP contribution in [-0.2, 0) is 13.2 Å². The first-order valence-electron chi connectivity index (χ1n) is 6.60. The van der Waals surface area contributed by atoms with Crippen LogP contribution in [-0.4, -0.2) is 11.2 Å². The molecule has 1 aromatic carbocycles. The zero-order valence-electron chi connectivity index (χ0n) is 12.5. The molecule has 0 saturated carbocycles. The maximum Gasteiger partial charge on any atom is 0.431 e. The van der Waals surface area contributed by atoms with E-state index in [4.69, 9.17) is 34.4 Å². The molecule has 0 amide bonds. The number of hydrogen-bond donors (Lipinski definition) is 0. The van der Waals surface area contributed by atoms with Gasteiger partial charge in [0, 0.05) is 12.6 Å². The highest BCUT2D eigenvalue weighted by molar-refractivity contribution is 6.33. The first kappa shape index (κ1) is 19.2. The van der Waals surface area contributed by atoms with Gasteiger partial charge in [0.25, 0.3) is 5.56 Å². The number of rotatable bonds is 3. The van der Waals surface area contributed by atoms with Crippen molar-refractivity contribution in [2.45, 2.75) is 6.18 Å². The number of nitrogens with zero attached hydrogens (tertiary/aromatic N) is 1. The van der Waals surface area contributed by atoms with Gasteiger partial charge >= 0.3 is 6.18 Å². The van der Waals surface area contributed by atoms with E-state index in [0.29, 0.717) is 10.6 Å². The summed E-state index contributed by atoms with van der Waals surface area (Å²) in [6.07, 6.45) is 0.262. The van der Waals surface area contributed by atoms with E-state index in [1.165, 1.54) is 0 Å². The Balaban J connectivity index is 2.73. The Morgan fingerprint density at radius 1 is 1.24 bits per heavy atom. The van der Waals surface area contributed by atoms with Gasteiger partial charge in [0.15, 0.2) is 0 Å². The van der Waals surface area contributed by atoms with Crippen molar-refractivity contribution in [3.8, 4) is 29.2 Å². The third-order valence-electron chi connectivity index (χ3n) is 3.27. The second kappa shape index (κ2) is 6.98. The van der Waals surface area contributed by atoms with Crippen molar-refractivity contribution in [2.75, 3.05) is 6.61 Å². The molecule has 0 N–H and O–H groups in total. The smallest absolute Gasteiger partial charge is 0.431 e. The van der Waals surface area contributed by atoms with Crippen molar-refractivity contribution in [3.05, 3.63) is 50.1 Å². The van der Waals surface area contributed by atoms with E-state index in [2.05, 4.69) is 5.92 Å². The van der Waals surface area contributed by atoms with E-state index in [-0.39, 0.29) is 22.9 Å². The maximum atomic E-state index is 14.3. The van der Waals surface area contributed by atoms with E-state index >= 15 is 0 Å². The molecule has 3 nitrogen and oxygen atoms in total. The zero-order chi connectivity index (χ0) is 18.9. The predicted molar refractivity (Wildman–Crippen MR) is 86.4 cm³/mol. The monoisotopic (exact) mass is 393 g/mol. The number of hydrogen-bond acceptors (Lipinski definition) is 2. The molecule has 0 spiro atoms. The van der Waals surface area contributed by atoms with Gasteiger partial charge in [-0.15, -0.1) is 6.42 Å². The van der Waals surface area contributed by atoms with E-state index in [9.17, 15) is 22.4 Å². The van der Waals surface area contributed by atoms with Crippen molar-refractivity contribution in [1.29, 1.82) is 0 Å². The summed E-state index contributed by atoms with van der Waals surface area (Å²) >= 11 is 11.7. The van der Waals surface area contributed by atoms with Crippen LogP contribution < -0.4 is 10.3 Å². The molecule has 0 unspecified atom stereocenters. The van der Waals surface area contributed by atoms with Crippen molar-refractivity contribution in [3.63, 3.8) is 0 Å². The van der Waals surface area contributed by atoms with Crippen LogP contribution in [0.2, 0.25) is 10.0 Å². The number of ether oxygens (including phenoxy) is 1. The van der Waals surface area contributed by atoms with Crippen molar-refractivity contribution in [2.24, 2.45) is 7.05 Å². The summed E-state index contributed by atoms with van der Waals surface area (Å²) in [5, 5.41) is -0.670. The van der Waals surface area contributed by atoms with Crippen LogP contribution in [0.4, 0.5) is 17.6 Å². The average molecular weight is 394 g/mol. The summed E-state index contributed by atoms with van der Waals surface area (Å²) in [6.45, 7) is -0.177. The van der Waals surface area contributed by atoms with Gasteiger partial charge in [-0.05, 0) is 18.2 Å². The molecule has 25 heavy (non-hydrogen) atoms. The van der Waals surface area contributed by atoms with E-state index in [1.807, 2.05) is 0 Å². The van der Waals surface area contributed by atoms with Crippen LogP contribution >= 0.6 is 23.2 Å². The minimum absolute atomic E-state index is 0.0333. The molecule has 9 heteroatoms. The molecule has 0 aliphatic heterocycles. The number of terminal acetylenes is 1. The highest BCUT2D eigenvalue weighted by Gasteiger charge is 2.35. The maximum absolute atomic E-state index is 14.3. The van der Waals surface area contributed by atoms with Crippen LogP contribution in [0.15, 0.2) is 23.0 Å². The second-order valence-corrected chi connectivity index (χ2v) is 5.68. The van der Waals surface area contributed by atoms with Gasteiger partial charge in [0.1, 0.15) is 23.9 Å². The lowest BCUT2D eigenvalue weighted by atomic mass is 10.1. The number of alkyl halides is 3. The third-order valence-corrected chi connectivity index (χ3v) is 3.87. The Labute approximate surface area is 149 Å². The fourth-order valence-corrected chi connectivity index (χ4v) is 2.63. The summed E-state index contributed by atoms with van der Waals surface area (Å²) in [6, 6.07) is 2.47. The molecule has 0 saturated heterocycles. The number of benzene rings is 1. The molecule has 0 bridgehead atoms. The van der Waals surface area contributed by atoms with E-state index < -0.39 is 33.8 Å². The van der Waals surface area contributed by atoms with Crippen molar-refractivity contribution >= 4 is 23.2 Å². The lowest BCUT2D eigenvalue weighted by Gasteiger charge is -2.16. The summed E-state index contributed by atoms with van der Waals surface area (Å²) in [5.41, 5.74) is -3.18. The Kier molecular flexibility index (Phi) is 5.35. The first-order valence-corrected chi connectivity index (χ1v) is 7.36. The fraction of sp³-hybridized carbons (Fsp3) is 0.188. The topological polar surface area (TPSA) is 31.2 Å². The number of aromatic nitrogens is 1. The van der Waals surface area contributed by atoms with Crippen LogP contribution in [0.1, 0.15) is 5.69 Å². The van der Waals surface area contributed by atoms with Crippen molar-refractivity contribution < 1.29 is 22.3 Å². The molecule has 1 aromatic heterocycles. The van der Waals surface area contributed by atoms with Gasteiger partial charge in [-0.1, -0.05) is 29.1 Å². The van der Waals surface area contributed by atoms with Gasteiger partial charge in [0.2, 0.25) is 0 Å². The summed E-state index contributed by atoms with van der Waals surface area (Å²) in [4.78, 5) is 12.3. The second-order valence-electron chi connectivity index (χ2n) is 4.87. The lowest BCUT2D eigenvalue weighted by Crippen LogP contribution is -2.27. The minimum Gasteiger partial charge on any atom is -0.479 e. The minimum atomic E-state index is -4.80. The first-order chi connectivity index (χ1) is 11.6. The highest BCUT2D eigenvalue weighted by Crippen LogP contribution is 2.37. The Morgan fingerprint density at radius 2 is 1.88 bits per heavy atom. The summed E-state index contributed by atoms with van der Waals surface area (Å²) in [5.74, 6) is 1.20. The van der Waals surface area contributed by atoms with Crippen LogP contribution in [0.5, 0.6) is 5.75 Å². The third kappa shape index (κ3) is 3.75. The highest BCUT2D eigenvalue weighted by atomic mass is 35.5. The van der Waals surface area contributed by atoms with Crippen molar-refractivity contribution in [1.82, 2.24) is 4.57 Å². The predicted octanol–water partition coefficient (Wildman–Crippen LogP) is 4.53. The zero-order valence-corrected chi connectivity index (χ0v) is 14.1. The normalized spacial score (nSPS) is 11.3. The molecule has 1 heterocycles.